The van der Waals surface area contributed by atoms with Crippen LogP contribution in [-0.2, 0) is 16.1 Å². The summed E-state index contributed by atoms with van der Waals surface area (Å²) in [5.74, 6) is 1.09. The lowest BCUT2D eigenvalue weighted by Gasteiger charge is -2.34. The van der Waals surface area contributed by atoms with E-state index in [1.54, 1.807) is 47.1 Å². The summed E-state index contributed by atoms with van der Waals surface area (Å²) in [5.41, 5.74) is 1.97. The molecule has 5 rings (SSSR count). The van der Waals surface area contributed by atoms with Gasteiger partial charge in [0.05, 0.1) is 12.1 Å². The number of hydrogen-bond donors (Lipinski definition) is 1. The lowest BCUT2D eigenvalue weighted by molar-refractivity contribution is -0.128. The summed E-state index contributed by atoms with van der Waals surface area (Å²) >= 11 is 0. The van der Waals surface area contributed by atoms with Crippen molar-refractivity contribution < 1.29 is 23.8 Å². The second-order valence-corrected chi connectivity index (χ2v) is 10.5. The average Bonchev–Trinajstić information content (AvgIpc) is 3.33. The van der Waals surface area contributed by atoms with Crippen molar-refractivity contribution in [2.45, 2.75) is 45.8 Å². The monoisotopic (exact) mass is 543 g/mol. The topological polar surface area (TPSA) is 108 Å². The Kier molecular flexibility index (Phi) is 7.59. The Labute approximate surface area is 232 Å². The summed E-state index contributed by atoms with van der Waals surface area (Å²) in [6.45, 7) is 8.82. The zero-order valence-corrected chi connectivity index (χ0v) is 23.1. The summed E-state index contributed by atoms with van der Waals surface area (Å²) in [4.78, 5) is 29.7. The minimum absolute atomic E-state index is 0.134. The van der Waals surface area contributed by atoms with E-state index in [1.165, 1.54) is 4.90 Å². The highest BCUT2D eigenvalue weighted by atomic mass is 16.6. The van der Waals surface area contributed by atoms with E-state index in [1.807, 2.05) is 52.0 Å². The second-order valence-electron chi connectivity index (χ2n) is 10.5. The van der Waals surface area contributed by atoms with Crippen LogP contribution in [-0.4, -0.2) is 52.2 Å². The maximum atomic E-state index is 14.2. The molecule has 1 atom stereocenters. The van der Waals surface area contributed by atoms with Gasteiger partial charge in [-0.1, -0.05) is 29.5 Å². The van der Waals surface area contributed by atoms with Gasteiger partial charge in [-0.05, 0) is 69.7 Å². The number of benzene rings is 3. The van der Waals surface area contributed by atoms with E-state index >= 15 is 0 Å². The Balaban J connectivity index is 1.61. The Bertz CT molecular complexity index is 1510. The van der Waals surface area contributed by atoms with Crippen molar-refractivity contribution in [1.82, 2.24) is 20.3 Å². The van der Waals surface area contributed by atoms with Crippen molar-refractivity contribution >= 4 is 28.5 Å². The number of nitrogens with one attached hydrogen (secondary N) is 1. The molecule has 2 heterocycles. The van der Waals surface area contributed by atoms with Crippen molar-refractivity contribution in [2.75, 3.05) is 24.7 Å². The fourth-order valence-electron chi connectivity index (χ4n) is 4.63. The van der Waals surface area contributed by atoms with Gasteiger partial charge in [0.1, 0.15) is 37.1 Å². The predicted octanol–water partition coefficient (Wildman–Crippen LogP) is 4.29. The normalized spacial score (nSPS) is 13.5. The number of carbonyl (C=O) groups is 2. The highest BCUT2D eigenvalue weighted by molar-refractivity contribution is 6.02. The molecule has 1 aliphatic rings. The number of aromatic nitrogens is 3. The first-order chi connectivity index (χ1) is 19.2. The molecule has 1 aliphatic heterocycles. The third-order valence-electron chi connectivity index (χ3n) is 6.29. The Morgan fingerprint density at radius 3 is 2.48 bits per heavy atom. The highest BCUT2D eigenvalue weighted by Crippen LogP contribution is 2.37. The first kappa shape index (κ1) is 27.0. The van der Waals surface area contributed by atoms with Crippen LogP contribution in [0, 0.1) is 0 Å². The maximum absolute atomic E-state index is 14.2. The molecule has 10 nitrogen and oxygen atoms in total. The molecule has 0 aliphatic carbocycles. The first-order valence-corrected chi connectivity index (χ1v) is 13.3. The molecule has 0 saturated heterocycles. The van der Waals surface area contributed by atoms with Gasteiger partial charge in [0.2, 0.25) is 11.8 Å². The van der Waals surface area contributed by atoms with Crippen LogP contribution >= 0.6 is 0 Å². The van der Waals surface area contributed by atoms with E-state index in [9.17, 15) is 9.59 Å². The predicted molar refractivity (Wildman–Crippen MR) is 151 cm³/mol. The molecule has 3 aromatic carbocycles. The summed E-state index contributed by atoms with van der Waals surface area (Å²) in [5, 5.41) is 11.5. The smallest absolute Gasteiger partial charge is 0.249 e. The van der Waals surface area contributed by atoms with Crippen LogP contribution < -0.4 is 24.4 Å². The highest BCUT2D eigenvalue weighted by Gasteiger charge is 2.35. The molecule has 10 heteroatoms. The Hall–Kier alpha value is -4.60. The molecule has 0 radical (unpaired) electrons. The summed E-state index contributed by atoms with van der Waals surface area (Å²) in [6, 6.07) is 18.9. The third kappa shape index (κ3) is 5.85. The standard InChI is InChI=1S/C30H33N5O5/c1-5-38-22-13-10-20(11-14-22)28(29(37)31-30(2,3)4)35(21-12-15-25-26(18-21)40-17-16-39-25)27(36)19-34-24-9-7-6-8-23(24)32-33-34/h6-15,18,28H,5,16-17,19H2,1-4H3,(H,31,37)/t28-/m1/s1. The van der Waals surface area contributed by atoms with Gasteiger partial charge in [-0.25, -0.2) is 4.68 Å². The number of fused-ring (bicyclic) bond motifs is 2. The molecule has 0 fully saturated rings. The van der Waals surface area contributed by atoms with Gasteiger partial charge in [-0.3, -0.25) is 14.5 Å². The van der Waals surface area contributed by atoms with Gasteiger partial charge in [0.25, 0.3) is 0 Å². The number of carbonyl (C=O) groups excluding carboxylic acids is 2. The van der Waals surface area contributed by atoms with Crippen LogP contribution in [0.5, 0.6) is 17.2 Å². The van der Waals surface area contributed by atoms with Gasteiger partial charge < -0.3 is 19.5 Å². The fourth-order valence-corrected chi connectivity index (χ4v) is 4.63. The number of ether oxygens (including phenoxy) is 3. The van der Waals surface area contributed by atoms with E-state index in [0.29, 0.717) is 53.8 Å². The molecule has 1 aromatic heterocycles. The van der Waals surface area contributed by atoms with E-state index in [0.717, 1.165) is 5.52 Å². The molecule has 208 valence electrons. The molecule has 0 spiro atoms. The minimum Gasteiger partial charge on any atom is -0.494 e. The third-order valence-corrected chi connectivity index (χ3v) is 6.29. The number of nitrogens with zero attached hydrogens (tertiary/aromatic N) is 4. The largest absolute Gasteiger partial charge is 0.494 e. The molecule has 0 unspecified atom stereocenters. The van der Waals surface area contributed by atoms with Crippen LogP contribution in [0.25, 0.3) is 11.0 Å². The van der Waals surface area contributed by atoms with E-state index in [-0.39, 0.29) is 18.4 Å². The summed E-state index contributed by atoms with van der Waals surface area (Å²) in [6.07, 6.45) is 0. The van der Waals surface area contributed by atoms with Gasteiger partial charge in [0, 0.05) is 17.3 Å². The second kappa shape index (κ2) is 11.3. The van der Waals surface area contributed by atoms with Gasteiger partial charge >= 0.3 is 0 Å². The molecule has 2 amide bonds. The lowest BCUT2D eigenvalue weighted by atomic mass is 10.0. The number of amides is 2. The first-order valence-electron chi connectivity index (χ1n) is 13.3. The summed E-state index contributed by atoms with van der Waals surface area (Å²) in [7, 11) is 0. The number of rotatable bonds is 8. The van der Waals surface area contributed by atoms with Crippen LogP contribution in [0.4, 0.5) is 5.69 Å². The van der Waals surface area contributed by atoms with Crippen molar-refractivity contribution in [3.05, 3.63) is 72.3 Å². The Morgan fingerprint density at radius 2 is 1.75 bits per heavy atom. The molecule has 40 heavy (non-hydrogen) atoms. The molecule has 1 N–H and O–H groups in total. The van der Waals surface area contributed by atoms with Crippen molar-refractivity contribution in [1.29, 1.82) is 0 Å². The van der Waals surface area contributed by atoms with Gasteiger partial charge in [-0.15, -0.1) is 5.10 Å². The SMILES string of the molecule is CCOc1ccc([C@H](C(=O)NC(C)(C)C)N(C(=O)Cn2nnc3ccccc32)c2ccc3c(c2)OCCO3)cc1. The van der Waals surface area contributed by atoms with Crippen LogP contribution in [0.2, 0.25) is 0 Å². The number of hydrogen-bond acceptors (Lipinski definition) is 7. The van der Waals surface area contributed by atoms with E-state index < -0.39 is 11.6 Å². The van der Waals surface area contributed by atoms with Crippen LogP contribution in [0.3, 0.4) is 0 Å². The molecule has 0 bridgehead atoms. The fraction of sp³-hybridized carbons (Fsp3) is 0.333. The Morgan fingerprint density at radius 1 is 1.02 bits per heavy atom. The zero-order valence-electron chi connectivity index (χ0n) is 23.1. The van der Waals surface area contributed by atoms with E-state index in [4.69, 9.17) is 14.2 Å². The van der Waals surface area contributed by atoms with Crippen LogP contribution in [0.1, 0.15) is 39.3 Å². The lowest BCUT2D eigenvalue weighted by Crippen LogP contribution is -2.50. The van der Waals surface area contributed by atoms with Crippen molar-refractivity contribution in [3.63, 3.8) is 0 Å². The number of anilines is 1. The molecular weight excluding hydrogens is 510 g/mol. The maximum Gasteiger partial charge on any atom is 0.249 e. The van der Waals surface area contributed by atoms with Crippen LogP contribution in [0.15, 0.2) is 66.7 Å². The van der Waals surface area contributed by atoms with Crippen molar-refractivity contribution in [2.24, 2.45) is 0 Å². The average molecular weight is 544 g/mol. The van der Waals surface area contributed by atoms with Gasteiger partial charge in [0.15, 0.2) is 11.5 Å². The van der Waals surface area contributed by atoms with Crippen molar-refractivity contribution in [3.8, 4) is 17.2 Å². The molecule has 0 saturated carbocycles. The van der Waals surface area contributed by atoms with Gasteiger partial charge in [-0.2, -0.15) is 0 Å². The summed E-state index contributed by atoms with van der Waals surface area (Å²) < 4.78 is 18.7. The van der Waals surface area contributed by atoms with E-state index in [2.05, 4.69) is 15.6 Å². The molecule has 4 aromatic rings. The molecular formula is C30H33N5O5. The quantitative estimate of drug-likeness (QED) is 0.353. The zero-order chi connectivity index (χ0) is 28.3. The number of para-hydroxylation sites is 1. The minimum atomic E-state index is -1.00.